The lowest BCUT2D eigenvalue weighted by Gasteiger charge is -2.42. The zero-order valence-electron chi connectivity index (χ0n) is 13.6. The van der Waals surface area contributed by atoms with Crippen molar-refractivity contribution in [2.24, 2.45) is 17.1 Å². The second-order valence-corrected chi connectivity index (χ2v) is 6.90. The number of nitriles is 1. The summed E-state index contributed by atoms with van der Waals surface area (Å²) < 4.78 is 6.11. The molecule has 4 aliphatic rings. The molecular weight excluding hydrogens is 338 g/mol. The summed E-state index contributed by atoms with van der Waals surface area (Å²) in [7, 11) is 0. The Morgan fingerprint density at radius 3 is 2.96 bits per heavy atom. The van der Waals surface area contributed by atoms with Gasteiger partial charge in [-0.3, -0.25) is 14.9 Å². The van der Waals surface area contributed by atoms with Gasteiger partial charge in [-0.25, -0.2) is 0 Å². The number of ketones is 1. The molecule has 1 aromatic rings. The van der Waals surface area contributed by atoms with Crippen LogP contribution in [-0.4, -0.2) is 34.9 Å². The number of carbonyl (C=O) groups is 1. The minimum Gasteiger partial charge on any atom is -0.366 e. The zero-order valence-corrected chi connectivity index (χ0v) is 13.6. The van der Waals surface area contributed by atoms with E-state index in [1.54, 1.807) is 29.2 Å². The lowest BCUT2D eigenvalue weighted by atomic mass is 9.68. The van der Waals surface area contributed by atoms with Crippen molar-refractivity contribution in [3.63, 3.8) is 0 Å². The summed E-state index contributed by atoms with van der Waals surface area (Å²) in [4.78, 5) is 26.9. The number of hydrogen-bond donors (Lipinski definition) is 2. The molecule has 2 fully saturated rings. The predicted octanol–water partition coefficient (Wildman–Crippen LogP) is 0.232. The van der Waals surface area contributed by atoms with Crippen LogP contribution < -0.4 is 11.1 Å². The van der Waals surface area contributed by atoms with Crippen LogP contribution in [0.2, 0.25) is 0 Å². The van der Waals surface area contributed by atoms with E-state index in [1.807, 2.05) is 6.07 Å². The van der Waals surface area contributed by atoms with Crippen molar-refractivity contribution in [3.8, 4) is 6.07 Å². The first-order valence-corrected chi connectivity index (χ1v) is 8.39. The van der Waals surface area contributed by atoms with Gasteiger partial charge in [0.05, 0.1) is 11.0 Å². The summed E-state index contributed by atoms with van der Waals surface area (Å²) >= 11 is 0. The fraction of sp³-hybridized carbons (Fsp3) is 0.412. The van der Waals surface area contributed by atoms with Gasteiger partial charge in [0.25, 0.3) is 0 Å². The van der Waals surface area contributed by atoms with Gasteiger partial charge in [0, 0.05) is 24.2 Å². The minimum atomic E-state index is -1.78. The van der Waals surface area contributed by atoms with Crippen molar-refractivity contribution in [1.29, 1.82) is 5.26 Å². The molecule has 0 saturated carbocycles. The normalized spacial score (nSPS) is 36.8. The predicted molar refractivity (Wildman–Crippen MR) is 86.4 cm³/mol. The van der Waals surface area contributed by atoms with Crippen molar-refractivity contribution < 1.29 is 14.5 Å². The Hall–Kier alpha value is -2.96. The second kappa shape index (κ2) is 4.60. The van der Waals surface area contributed by atoms with Crippen LogP contribution in [0.5, 0.6) is 0 Å². The lowest BCUT2D eigenvalue weighted by Crippen LogP contribution is -2.54. The summed E-state index contributed by atoms with van der Waals surface area (Å²) in [6.45, 7) is 1.02. The van der Waals surface area contributed by atoms with Crippen LogP contribution in [0.1, 0.15) is 22.3 Å². The lowest BCUT2D eigenvalue weighted by molar-refractivity contribution is -0.440. The van der Waals surface area contributed by atoms with E-state index in [0.717, 1.165) is 6.42 Å². The number of rotatable bonds is 1. The number of ether oxygens (including phenoxy) is 1. The monoisotopic (exact) mass is 353 g/mol. The molecule has 9 heteroatoms. The maximum absolute atomic E-state index is 13.6. The summed E-state index contributed by atoms with van der Waals surface area (Å²) in [6.07, 6.45) is -0.380. The molecule has 3 aliphatic heterocycles. The van der Waals surface area contributed by atoms with Crippen LogP contribution in [0.25, 0.3) is 0 Å². The van der Waals surface area contributed by atoms with E-state index in [9.17, 15) is 20.2 Å². The van der Waals surface area contributed by atoms with Crippen molar-refractivity contribution in [2.45, 2.75) is 18.4 Å². The third-order valence-corrected chi connectivity index (χ3v) is 5.95. The Balaban J connectivity index is 1.94. The number of Topliss-reactive ketones (excluding diaryl/α,β-unsaturated/α-hetero) is 1. The van der Waals surface area contributed by atoms with E-state index in [2.05, 4.69) is 5.32 Å². The molecule has 0 spiro atoms. The first kappa shape index (κ1) is 15.3. The summed E-state index contributed by atoms with van der Waals surface area (Å²) in [6, 6.07) is 8.86. The number of benzene rings is 1. The van der Waals surface area contributed by atoms with Crippen molar-refractivity contribution >= 4 is 5.78 Å². The first-order chi connectivity index (χ1) is 12.5. The molecular formula is C17H15N5O4. The van der Waals surface area contributed by atoms with Gasteiger partial charge < -0.3 is 20.7 Å². The van der Waals surface area contributed by atoms with Crippen LogP contribution in [0.4, 0.5) is 0 Å². The van der Waals surface area contributed by atoms with Crippen LogP contribution in [-0.2, 0) is 10.5 Å². The molecule has 26 heavy (non-hydrogen) atoms. The molecule has 2 unspecified atom stereocenters. The fourth-order valence-corrected chi connectivity index (χ4v) is 5.18. The van der Waals surface area contributed by atoms with Gasteiger partial charge in [-0.1, -0.05) is 24.3 Å². The maximum Gasteiger partial charge on any atom is 0.306 e. The summed E-state index contributed by atoms with van der Waals surface area (Å²) in [5.41, 5.74) is 3.43. The Morgan fingerprint density at radius 2 is 2.23 bits per heavy atom. The average Bonchev–Trinajstić information content (AvgIpc) is 3.12. The number of nitrogens with zero attached hydrogens (tertiary/aromatic N) is 3. The first-order valence-electron chi connectivity index (χ1n) is 8.39. The maximum atomic E-state index is 13.6. The number of nitrogens with one attached hydrogen (secondary N) is 1. The van der Waals surface area contributed by atoms with Gasteiger partial charge in [0.15, 0.2) is 22.7 Å². The van der Waals surface area contributed by atoms with Crippen LogP contribution in [0, 0.1) is 32.8 Å². The van der Waals surface area contributed by atoms with E-state index in [0.29, 0.717) is 24.2 Å². The highest BCUT2D eigenvalue weighted by Gasteiger charge is 2.85. The third-order valence-electron chi connectivity index (χ3n) is 5.95. The molecule has 0 aromatic heterocycles. The van der Waals surface area contributed by atoms with Crippen LogP contribution in [0.15, 0.2) is 35.8 Å². The number of nitro groups is 1. The quantitative estimate of drug-likeness (QED) is 0.541. The van der Waals surface area contributed by atoms with Gasteiger partial charge in [-0.15, -0.1) is 0 Å². The van der Waals surface area contributed by atoms with Crippen molar-refractivity contribution in [2.75, 3.05) is 13.1 Å². The standard InChI is InChI=1S/C17H15N5O4/c18-8-11-14(19)26-17-10-5-2-1-4-9(10)13(23)16(11,17)12(22(24)25)15-20-6-3-7-21(15)17/h1-2,4-5,11,14,20H,3,6-7,19H2/t11?,14?,16-,17-/m1/s1. The topological polar surface area (TPSA) is 135 Å². The molecule has 0 radical (unpaired) electrons. The smallest absolute Gasteiger partial charge is 0.306 e. The van der Waals surface area contributed by atoms with E-state index in [-0.39, 0.29) is 11.5 Å². The molecule has 0 bridgehead atoms. The molecule has 132 valence electrons. The number of hydrogen-bond acceptors (Lipinski definition) is 8. The molecule has 1 aromatic carbocycles. The Bertz CT molecular complexity index is 953. The molecule has 0 amide bonds. The number of nitrogens with two attached hydrogens (primary N) is 1. The Labute approximate surface area is 148 Å². The molecule has 5 rings (SSSR count). The second-order valence-electron chi connectivity index (χ2n) is 6.90. The number of carbonyl (C=O) groups excluding carboxylic acids is 1. The third kappa shape index (κ3) is 1.29. The Kier molecular flexibility index (Phi) is 2.71. The van der Waals surface area contributed by atoms with Gasteiger partial charge in [-0.2, -0.15) is 5.26 Å². The molecule has 3 N–H and O–H groups in total. The Morgan fingerprint density at radius 1 is 1.46 bits per heavy atom. The molecule has 1 aliphatic carbocycles. The van der Waals surface area contributed by atoms with Crippen molar-refractivity contribution in [3.05, 3.63) is 57.0 Å². The van der Waals surface area contributed by atoms with Gasteiger partial charge in [0.2, 0.25) is 0 Å². The highest BCUT2D eigenvalue weighted by molar-refractivity contribution is 6.09. The van der Waals surface area contributed by atoms with E-state index < -0.39 is 34.0 Å². The van der Waals surface area contributed by atoms with E-state index >= 15 is 0 Å². The van der Waals surface area contributed by atoms with Gasteiger partial charge in [-0.05, 0) is 6.42 Å². The van der Waals surface area contributed by atoms with Gasteiger partial charge >= 0.3 is 5.70 Å². The summed E-state index contributed by atoms with van der Waals surface area (Å²) in [5.74, 6) is -1.37. The molecule has 9 nitrogen and oxygen atoms in total. The highest BCUT2D eigenvalue weighted by Crippen LogP contribution is 2.70. The average molecular weight is 353 g/mol. The van der Waals surface area contributed by atoms with Crippen molar-refractivity contribution in [1.82, 2.24) is 10.2 Å². The molecule has 3 heterocycles. The largest absolute Gasteiger partial charge is 0.366 e. The summed E-state index contributed by atoms with van der Waals surface area (Å²) in [5, 5.41) is 25.0. The van der Waals surface area contributed by atoms with Gasteiger partial charge in [0.1, 0.15) is 12.1 Å². The SMILES string of the molecule is N#CC1C(N)O[C@]23c4ccccc4C(=O)[C@]12C([N+](=O)[O-])=C1NCCCN13. The van der Waals surface area contributed by atoms with E-state index in [1.165, 1.54) is 0 Å². The zero-order chi connectivity index (χ0) is 18.3. The van der Waals surface area contributed by atoms with Crippen LogP contribution in [0.3, 0.4) is 0 Å². The fourth-order valence-electron chi connectivity index (χ4n) is 5.18. The molecule has 4 atom stereocenters. The molecule has 2 saturated heterocycles. The highest BCUT2D eigenvalue weighted by atomic mass is 16.6. The van der Waals surface area contributed by atoms with E-state index in [4.69, 9.17) is 10.5 Å². The minimum absolute atomic E-state index is 0.260. The van der Waals surface area contributed by atoms with Crippen LogP contribution >= 0.6 is 0 Å². The number of fused-ring (bicyclic) bond motifs is 2.